The molecule has 0 aromatic carbocycles. The summed E-state index contributed by atoms with van der Waals surface area (Å²) in [5, 5.41) is 7.30. The fourth-order valence-electron chi connectivity index (χ4n) is 3.97. The summed E-state index contributed by atoms with van der Waals surface area (Å²) in [6.45, 7) is 1.57. The number of aromatic amines is 1. The first-order valence-electron chi connectivity index (χ1n) is 7.59. The zero-order valence-electron chi connectivity index (χ0n) is 11.5. The van der Waals surface area contributed by atoms with Crippen LogP contribution in [-0.4, -0.2) is 46.3 Å². The lowest BCUT2D eigenvalue weighted by Crippen LogP contribution is -2.32. The number of nitrogens with one attached hydrogen (secondary N) is 1. The van der Waals surface area contributed by atoms with Gasteiger partial charge in [-0.05, 0) is 28.8 Å². The van der Waals surface area contributed by atoms with Gasteiger partial charge in [0.1, 0.15) is 0 Å². The smallest absolute Gasteiger partial charge is 0.275 e. The molecule has 1 aromatic heterocycles. The number of carbonyl (C=O) groups excluding carboxylic acids is 1. The van der Waals surface area contributed by atoms with E-state index in [0.717, 1.165) is 23.3 Å². The summed E-state index contributed by atoms with van der Waals surface area (Å²) in [7, 11) is 0. The molecule has 1 saturated carbocycles. The number of hydrogen-bond acceptors (Lipinski definition) is 3. The molecule has 5 rings (SSSR count). The Kier molecular flexibility index (Phi) is 2.48. The van der Waals surface area contributed by atoms with Crippen molar-refractivity contribution in [2.24, 2.45) is 11.8 Å². The van der Waals surface area contributed by atoms with Gasteiger partial charge in [-0.2, -0.15) is 5.10 Å². The number of nitrogens with zero attached hydrogens (tertiary/aromatic N) is 2. The Morgan fingerprint density at radius 3 is 2.57 bits per heavy atom. The molecule has 2 bridgehead atoms. The number of fused-ring (bicyclic) bond motifs is 5. The van der Waals surface area contributed by atoms with Crippen LogP contribution in [0, 0.1) is 11.8 Å². The van der Waals surface area contributed by atoms with Crippen molar-refractivity contribution >= 4 is 21.8 Å². The molecule has 1 amide bonds. The summed E-state index contributed by atoms with van der Waals surface area (Å²) >= 11 is 3.56. The Hall–Kier alpha value is -1.14. The van der Waals surface area contributed by atoms with Crippen molar-refractivity contribution in [1.29, 1.82) is 0 Å². The van der Waals surface area contributed by atoms with Crippen LogP contribution in [0.2, 0.25) is 0 Å². The molecule has 2 saturated heterocycles. The molecule has 21 heavy (non-hydrogen) atoms. The van der Waals surface area contributed by atoms with Crippen LogP contribution in [-0.2, 0) is 4.74 Å². The van der Waals surface area contributed by atoms with Crippen LogP contribution in [0.4, 0.5) is 0 Å². The van der Waals surface area contributed by atoms with E-state index in [-0.39, 0.29) is 18.1 Å². The van der Waals surface area contributed by atoms with Gasteiger partial charge in [0.25, 0.3) is 5.91 Å². The largest absolute Gasteiger partial charge is 0.366 e. The van der Waals surface area contributed by atoms with Crippen LogP contribution in [0.1, 0.15) is 34.9 Å². The Bertz CT molecular complexity index is 631. The summed E-state index contributed by atoms with van der Waals surface area (Å²) in [4.78, 5) is 14.7. The van der Waals surface area contributed by atoms with Crippen molar-refractivity contribution in [1.82, 2.24) is 15.1 Å². The van der Waals surface area contributed by atoms with E-state index in [1.807, 2.05) is 4.90 Å². The summed E-state index contributed by atoms with van der Waals surface area (Å²) in [6, 6.07) is 0. The number of rotatable bonds is 2. The summed E-state index contributed by atoms with van der Waals surface area (Å²) < 4.78 is 6.73. The monoisotopic (exact) mass is 349 g/mol. The molecule has 0 spiro atoms. The van der Waals surface area contributed by atoms with Gasteiger partial charge in [-0.1, -0.05) is 12.2 Å². The minimum absolute atomic E-state index is 0.0406. The maximum Gasteiger partial charge on any atom is 0.275 e. The highest BCUT2D eigenvalue weighted by atomic mass is 79.9. The van der Waals surface area contributed by atoms with E-state index in [1.54, 1.807) is 0 Å². The second-order valence-electron chi connectivity index (χ2n) is 6.56. The highest BCUT2D eigenvalue weighted by Gasteiger charge is 2.51. The number of carbonyl (C=O) groups is 1. The third-order valence-electron chi connectivity index (χ3n) is 5.27. The van der Waals surface area contributed by atoms with E-state index in [2.05, 4.69) is 38.3 Å². The van der Waals surface area contributed by atoms with Crippen molar-refractivity contribution in [2.75, 3.05) is 13.1 Å². The minimum atomic E-state index is 0.0406. The molecule has 110 valence electrons. The van der Waals surface area contributed by atoms with Gasteiger partial charge in [0, 0.05) is 30.8 Å². The molecule has 1 aliphatic carbocycles. The first-order valence-corrected chi connectivity index (χ1v) is 8.38. The number of likely N-dealkylation sites (tertiary alicyclic amines) is 1. The van der Waals surface area contributed by atoms with E-state index in [0.29, 0.717) is 23.4 Å². The maximum absolute atomic E-state index is 12.7. The SMILES string of the molecule is O=C(c1n[nH]c(C2CC2)c1Br)N1CC2C3C=CC(O3)C2C1. The van der Waals surface area contributed by atoms with Gasteiger partial charge in [-0.25, -0.2) is 0 Å². The van der Waals surface area contributed by atoms with Crippen LogP contribution >= 0.6 is 15.9 Å². The zero-order chi connectivity index (χ0) is 14.1. The third kappa shape index (κ3) is 1.72. The molecule has 4 atom stereocenters. The molecule has 4 heterocycles. The predicted molar refractivity (Wildman–Crippen MR) is 78.9 cm³/mol. The average Bonchev–Trinajstić information content (AvgIpc) is 2.89. The first kappa shape index (κ1) is 12.4. The Balaban J connectivity index is 1.38. The first-order chi connectivity index (χ1) is 10.2. The van der Waals surface area contributed by atoms with E-state index >= 15 is 0 Å². The average molecular weight is 350 g/mol. The fourth-order valence-corrected chi connectivity index (χ4v) is 4.64. The number of aromatic nitrogens is 2. The van der Waals surface area contributed by atoms with E-state index in [4.69, 9.17) is 4.74 Å². The molecule has 3 fully saturated rings. The Morgan fingerprint density at radius 1 is 1.29 bits per heavy atom. The number of halogens is 1. The van der Waals surface area contributed by atoms with Crippen LogP contribution in [0.25, 0.3) is 0 Å². The molecule has 0 radical (unpaired) electrons. The number of hydrogen-bond donors (Lipinski definition) is 1. The van der Waals surface area contributed by atoms with Gasteiger partial charge in [-0.3, -0.25) is 9.89 Å². The lowest BCUT2D eigenvalue weighted by molar-refractivity contribution is 0.0650. The van der Waals surface area contributed by atoms with E-state index < -0.39 is 0 Å². The van der Waals surface area contributed by atoms with Gasteiger partial charge in [0.05, 0.1) is 22.4 Å². The normalized spacial score (nSPS) is 36.5. The van der Waals surface area contributed by atoms with Crippen molar-refractivity contribution in [3.8, 4) is 0 Å². The molecular weight excluding hydrogens is 334 g/mol. The quantitative estimate of drug-likeness (QED) is 0.831. The Morgan fingerprint density at radius 2 is 1.95 bits per heavy atom. The number of amides is 1. The highest BCUT2D eigenvalue weighted by Crippen LogP contribution is 2.45. The molecule has 4 unspecified atom stereocenters. The maximum atomic E-state index is 12.7. The summed E-state index contributed by atoms with van der Waals surface area (Å²) in [5.74, 6) is 1.52. The molecule has 5 nitrogen and oxygen atoms in total. The van der Waals surface area contributed by atoms with Gasteiger partial charge >= 0.3 is 0 Å². The van der Waals surface area contributed by atoms with Crippen molar-refractivity contribution in [3.05, 3.63) is 28.0 Å². The molecule has 1 aromatic rings. The molecular formula is C15H16BrN3O2. The fraction of sp³-hybridized carbons (Fsp3) is 0.600. The van der Waals surface area contributed by atoms with Crippen molar-refractivity contribution in [2.45, 2.75) is 31.0 Å². The zero-order valence-corrected chi connectivity index (χ0v) is 13.0. The van der Waals surface area contributed by atoms with E-state index in [1.165, 1.54) is 12.8 Å². The molecule has 1 N–H and O–H groups in total. The van der Waals surface area contributed by atoms with Gasteiger partial charge in [0.2, 0.25) is 0 Å². The van der Waals surface area contributed by atoms with Crippen molar-refractivity contribution in [3.63, 3.8) is 0 Å². The summed E-state index contributed by atoms with van der Waals surface area (Å²) in [5.41, 5.74) is 1.63. The number of H-pyrrole nitrogens is 1. The van der Waals surface area contributed by atoms with Gasteiger partial charge in [-0.15, -0.1) is 0 Å². The van der Waals surface area contributed by atoms with Crippen LogP contribution in [0.5, 0.6) is 0 Å². The van der Waals surface area contributed by atoms with Crippen molar-refractivity contribution < 1.29 is 9.53 Å². The standard InChI is InChI=1S/C15H16BrN3O2/c16-12-13(7-1-2-7)17-18-14(12)15(20)19-5-8-9(6-19)11-4-3-10(8)21-11/h3-4,7-11H,1-2,5-6H2,(H,17,18). The van der Waals surface area contributed by atoms with Crippen LogP contribution < -0.4 is 0 Å². The summed E-state index contributed by atoms with van der Waals surface area (Å²) in [6.07, 6.45) is 7.10. The van der Waals surface area contributed by atoms with Crippen LogP contribution in [0.15, 0.2) is 16.6 Å². The van der Waals surface area contributed by atoms with Gasteiger partial charge in [0.15, 0.2) is 5.69 Å². The molecule has 3 aliphatic heterocycles. The van der Waals surface area contributed by atoms with Gasteiger partial charge < -0.3 is 9.64 Å². The third-order valence-corrected chi connectivity index (χ3v) is 6.07. The second-order valence-corrected chi connectivity index (χ2v) is 7.36. The lowest BCUT2D eigenvalue weighted by Gasteiger charge is -2.18. The number of ether oxygens (including phenoxy) is 1. The topological polar surface area (TPSA) is 58.2 Å². The Labute approximate surface area is 130 Å². The lowest BCUT2D eigenvalue weighted by atomic mass is 9.86. The molecule has 4 aliphatic rings. The highest BCUT2D eigenvalue weighted by molar-refractivity contribution is 9.10. The predicted octanol–water partition coefficient (Wildman–Crippen LogP) is 2.08. The second kappa shape index (κ2) is 4.20. The van der Waals surface area contributed by atoms with Crippen LogP contribution in [0.3, 0.4) is 0 Å². The minimum Gasteiger partial charge on any atom is -0.366 e. The molecule has 6 heteroatoms. The van der Waals surface area contributed by atoms with E-state index in [9.17, 15) is 4.79 Å².